The first-order valence-electron chi connectivity index (χ1n) is 9.29. The van der Waals surface area contributed by atoms with Crippen LogP contribution < -0.4 is 5.32 Å². The van der Waals surface area contributed by atoms with Gasteiger partial charge in [0.1, 0.15) is 0 Å². The van der Waals surface area contributed by atoms with Crippen molar-refractivity contribution in [3.05, 3.63) is 28.2 Å². The normalized spacial score (nSPS) is 19.4. The molecule has 3 rings (SSSR count). The fourth-order valence-corrected chi connectivity index (χ4v) is 4.20. The second kappa shape index (κ2) is 9.07. The van der Waals surface area contributed by atoms with Crippen LogP contribution in [0.25, 0.3) is 0 Å². The summed E-state index contributed by atoms with van der Waals surface area (Å²) in [6.07, 6.45) is 5.10. The van der Waals surface area contributed by atoms with E-state index in [1.807, 2.05) is 4.90 Å². The lowest BCUT2D eigenvalue weighted by Gasteiger charge is -2.35. The first-order valence-corrected chi connectivity index (χ1v) is 10.0. The number of anilines is 1. The third kappa shape index (κ3) is 4.90. The third-order valence-electron chi connectivity index (χ3n) is 5.20. The van der Waals surface area contributed by atoms with Crippen molar-refractivity contribution in [1.29, 1.82) is 0 Å². The Morgan fingerprint density at radius 2 is 1.62 bits per heavy atom. The topological polar surface area (TPSA) is 52.7 Å². The Morgan fingerprint density at radius 1 is 1.00 bits per heavy atom. The fourth-order valence-electron chi connectivity index (χ4n) is 3.71. The second-order valence-corrected chi connectivity index (χ2v) is 7.90. The molecular formula is C19H25Cl2N3O2. The number of carbonyl (C=O) groups excluding carboxylic acids is 2. The molecule has 0 unspecified atom stereocenters. The summed E-state index contributed by atoms with van der Waals surface area (Å²) in [6.45, 7) is 3.61. The largest absolute Gasteiger partial charge is 0.342 e. The van der Waals surface area contributed by atoms with Gasteiger partial charge in [0.25, 0.3) is 0 Å². The molecule has 0 bridgehead atoms. The van der Waals surface area contributed by atoms with E-state index in [0.717, 1.165) is 51.9 Å². The number of para-hydroxylation sites is 1. The zero-order valence-corrected chi connectivity index (χ0v) is 16.4. The first-order chi connectivity index (χ1) is 12.5. The van der Waals surface area contributed by atoms with Crippen molar-refractivity contribution < 1.29 is 9.59 Å². The molecule has 0 spiro atoms. The van der Waals surface area contributed by atoms with E-state index in [1.54, 1.807) is 18.2 Å². The minimum atomic E-state index is -0.138. The minimum Gasteiger partial charge on any atom is -0.342 e. The quantitative estimate of drug-likeness (QED) is 0.843. The van der Waals surface area contributed by atoms with Gasteiger partial charge in [-0.25, -0.2) is 0 Å². The molecule has 2 aliphatic rings. The van der Waals surface area contributed by atoms with Crippen molar-refractivity contribution in [1.82, 2.24) is 9.80 Å². The second-order valence-electron chi connectivity index (χ2n) is 7.08. The maximum absolute atomic E-state index is 12.6. The number of nitrogens with one attached hydrogen (secondary N) is 1. The zero-order valence-electron chi connectivity index (χ0n) is 14.8. The number of hydrogen-bond donors (Lipinski definition) is 1. The highest BCUT2D eigenvalue weighted by Crippen LogP contribution is 2.30. The molecule has 142 valence electrons. The van der Waals surface area contributed by atoms with Crippen LogP contribution >= 0.6 is 23.2 Å². The van der Waals surface area contributed by atoms with Gasteiger partial charge in [0, 0.05) is 19.0 Å². The molecule has 1 aromatic carbocycles. The van der Waals surface area contributed by atoms with Crippen molar-refractivity contribution in [3.63, 3.8) is 0 Å². The summed E-state index contributed by atoms with van der Waals surface area (Å²) in [5.41, 5.74) is 0.455. The van der Waals surface area contributed by atoms with Crippen LogP contribution in [0.4, 0.5) is 5.69 Å². The Kier molecular flexibility index (Phi) is 6.79. The van der Waals surface area contributed by atoms with E-state index in [9.17, 15) is 9.59 Å². The summed E-state index contributed by atoms with van der Waals surface area (Å²) < 4.78 is 0. The lowest BCUT2D eigenvalue weighted by atomic mass is 9.94. The van der Waals surface area contributed by atoms with E-state index >= 15 is 0 Å². The molecule has 1 aromatic rings. The van der Waals surface area contributed by atoms with Gasteiger partial charge in [-0.05, 0) is 57.3 Å². The molecule has 2 heterocycles. The molecule has 26 heavy (non-hydrogen) atoms. The minimum absolute atomic E-state index is 0.102. The average molecular weight is 398 g/mol. The van der Waals surface area contributed by atoms with Gasteiger partial charge in [-0.15, -0.1) is 0 Å². The molecule has 1 N–H and O–H groups in total. The molecule has 0 radical (unpaired) electrons. The zero-order chi connectivity index (χ0) is 18.5. The van der Waals surface area contributed by atoms with Crippen molar-refractivity contribution in [2.75, 3.05) is 38.0 Å². The first kappa shape index (κ1) is 19.5. The van der Waals surface area contributed by atoms with Gasteiger partial charge in [0.15, 0.2) is 0 Å². The number of piperidine rings is 2. The lowest BCUT2D eigenvalue weighted by molar-refractivity contribution is -0.138. The van der Waals surface area contributed by atoms with E-state index in [4.69, 9.17) is 23.2 Å². The number of rotatable bonds is 4. The molecule has 0 saturated carbocycles. The van der Waals surface area contributed by atoms with Gasteiger partial charge in [-0.1, -0.05) is 29.3 Å². The van der Waals surface area contributed by atoms with Crippen LogP contribution in [0.1, 0.15) is 32.1 Å². The molecule has 7 heteroatoms. The SMILES string of the molecule is O=C(CN1CCC(C(=O)N2CCCCC2)CC1)Nc1c(Cl)cccc1Cl. The summed E-state index contributed by atoms with van der Waals surface area (Å²) in [7, 11) is 0. The smallest absolute Gasteiger partial charge is 0.238 e. The van der Waals surface area contributed by atoms with Crippen LogP contribution in [-0.4, -0.2) is 54.3 Å². The van der Waals surface area contributed by atoms with E-state index in [-0.39, 0.29) is 18.4 Å². The van der Waals surface area contributed by atoms with Crippen LogP contribution in [0.2, 0.25) is 10.0 Å². The number of nitrogens with zero attached hydrogens (tertiary/aromatic N) is 2. The fraction of sp³-hybridized carbons (Fsp3) is 0.579. The van der Waals surface area contributed by atoms with E-state index in [1.165, 1.54) is 6.42 Å². The highest BCUT2D eigenvalue weighted by Gasteiger charge is 2.29. The van der Waals surface area contributed by atoms with Gasteiger partial charge in [-0.2, -0.15) is 0 Å². The van der Waals surface area contributed by atoms with E-state index in [2.05, 4.69) is 10.2 Å². The molecule has 0 atom stereocenters. The molecule has 0 aromatic heterocycles. The Labute approximate surface area is 164 Å². The van der Waals surface area contributed by atoms with Gasteiger partial charge >= 0.3 is 0 Å². The van der Waals surface area contributed by atoms with Crippen molar-refractivity contribution in [3.8, 4) is 0 Å². The summed E-state index contributed by atoms with van der Waals surface area (Å²) in [4.78, 5) is 29.0. The molecule has 2 amide bonds. The third-order valence-corrected chi connectivity index (χ3v) is 5.83. The summed E-state index contributed by atoms with van der Waals surface area (Å²) >= 11 is 12.2. The summed E-state index contributed by atoms with van der Waals surface area (Å²) in [6, 6.07) is 5.13. The number of hydrogen-bond acceptors (Lipinski definition) is 3. The standard InChI is InChI=1S/C19H25Cl2N3O2/c20-15-5-4-6-16(21)18(15)22-17(25)13-23-11-7-14(8-12-23)19(26)24-9-2-1-3-10-24/h4-6,14H,1-3,7-13H2,(H,22,25). The number of carbonyl (C=O) groups is 2. The summed E-state index contributed by atoms with van der Waals surface area (Å²) in [5, 5.41) is 3.65. The van der Waals surface area contributed by atoms with E-state index in [0.29, 0.717) is 21.6 Å². The molecule has 0 aliphatic carbocycles. The number of amides is 2. The molecule has 5 nitrogen and oxygen atoms in total. The Hall–Kier alpha value is -1.30. The van der Waals surface area contributed by atoms with Gasteiger partial charge in [0.2, 0.25) is 11.8 Å². The van der Waals surface area contributed by atoms with Gasteiger partial charge in [0.05, 0.1) is 22.3 Å². The van der Waals surface area contributed by atoms with Crippen LogP contribution in [0.5, 0.6) is 0 Å². The maximum Gasteiger partial charge on any atom is 0.238 e. The van der Waals surface area contributed by atoms with Crippen LogP contribution in [0.3, 0.4) is 0 Å². The van der Waals surface area contributed by atoms with Gasteiger partial charge < -0.3 is 10.2 Å². The Balaban J connectivity index is 1.46. The van der Waals surface area contributed by atoms with Crippen molar-refractivity contribution >= 4 is 40.7 Å². The van der Waals surface area contributed by atoms with Crippen molar-refractivity contribution in [2.24, 2.45) is 5.92 Å². The predicted octanol–water partition coefficient (Wildman–Crippen LogP) is 3.66. The highest BCUT2D eigenvalue weighted by molar-refractivity contribution is 6.39. The average Bonchev–Trinajstić information content (AvgIpc) is 2.66. The maximum atomic E-state index is 12.6. The summed E-state index contributed by atoms with van der Waals surface area (Å²) in [5.74, 6) is 0.267. The Morgan fingerprint density at radius 3 is 2.23 bits per heavy atom. The number of halogens is 2. The van der Waals surface area contributed by atoms with Crippen LogP contribution in [-0.2, 0) is 9.59 Å². The van der Waals surface area contributed by atoms with Gasteiger partial charge in [-0.3, -0.25) is 14.5 Å². The molecular weight excluding hydrogens is 373 g/mol. The molecule has 2 fully saturated rings. The number of likely N-dealkylation sites (tertiary alicyclic amines) is 2. The van der Waals surface area contributed by atoms with Crippen LogP contribution in [0, 0.1) is 5.92 Å². The molecule has 2 saturated heterocycles. The van der Waals surface area contributed by atoms with E-state index < -0.39 is 0 Å². The number of benzene rings is 1. The molecule has 2 aliphatic heterocycles. The Bertz CT molecular complexity index is 634. The predicted molar refractivity (Wildman–Crippen MR) is 105 cm³/mol. The van der Waals surface area contributed by atoms with Crippen LogP contribution in [0.15, 0.2) is 18.2 Å². The highest BCUT2D eigenvalue weighted by atomic mass is 35.5. The monoisotopic (exact) mass is 397 g/mol. The lowest BCUT2D eigenvalue weighted by Crippen LogP contribution is -2.45. The van der Waals surface area contributed by atoms with Crippen molar-refractivity contribution in [2.45, 2.75) is 32.1 Å².